The molecule has 0 spiro atoms. The molecule has 3 aromatic rings. The van der Waals surface area contributed by atoms with Gasteiger partial charge in [0.25, 0.3) is 5.91 Å². The van der Waals surface area contributed by atoms with Gasteiger partial charge in [-0.25, -0.2) is 9.59 Å². The van der Waals surface area contributed by atoms with Crippen LogP contribution in [0.3, 0.4) is 0 Å². The van der Waals surface area contributed by atoms with Gasteiger partial charge in [0.2, 0.25) is 0 Å². The third kappa shape index (κ3) is 6.71. The van der Waals surface area contributed by atoms with Crippen molar-refractivity contribution in [1.82, 2.24) is 10.6 Å². The van der Waals surface area contributed by atoms with Crippen molar-refractivity contribution >= 4 is 34.8 Å². The van der Waals surface area contributed by atoms with E-state index in [4.69, 9.17) is 9.47 Å². The van der Waals surface area contributed by atoms with E-state index in [1.807, 2.05) is 66.7 Å². The number of hydrogen-bond acceptors (Lipinski definition) is 5. The number of rotatable bonds is 7. The van der Waals surface area contributed by atoms with Gasteiger partial charge in [0.05, 0.1) is 7.11 Å². The van der Waals surface area contributed by atoms with E-state index in [9.17, 15) is 14.4 Å². The van der Waals surface area contributed by atoms with Gasteiger partial charge in [0.15, 0.2) is 6.61 Å². The number of imide groups is 1. The quantitative estimate of drug-likeness (QED) is 0.453. The van der Waals surface area contributed by atoms with Gasteiger partial charge >= 0.3 is 12.0 Å². The maximum atomic E-state index is 11.9. The summed E-state index contributed by atoms with van der Waals surface area (Å²) in [7, 11) is 1.61. The predicted octanol–water partition coefficient (Wildman–Crippen LogP) is 3.43. The van der Waals surface area contributed by atoms with E-state index in [0.29, 0.717) is 0 Å². The van der Waals surface area contributed by atoms with E-state index in [2.05, 4.69) is 10.6 Å². The zero-order chi connectivity index (χ0) is 22.1. The molecule has 0 unspecified atom stereocenters. The lowest BCUT2D eigenvalue weighted by molar-refractivity contribution is -0.143. The molecule has 0 saturated carbocycles. The molecule has 31 heavy (non-hydrogen) atoms. The summed E-state index contributed by atoms with van der Waals surface area (Å²) in [6.45, 7) is -0.277. The summed E-state index contributed by atoms with van der Waals surface area (Å²) in [5.74, 6) is -0.631. The Bertz CT molecular complexity index is 1110. The Hall–Kier alpha value is -4.13. The molecule has 7 heteroatoms. The number of urea groups is 1. The molecule has 0 saturated heterocycles. The first-order chi connectivity index (χ1) is 15.0. The zero-order valence-corrected chi connectivity index (χ0v) is 17.0. The van der Waals surface area contributed by atoms with Gasteiger partial charge in [-0.3, -0.25) is 10.1 Å². The van der Waals surface area contributed by atoms with Crippen LogP contribution in [0.2, 0.25) is 0 Å². The molecule has 0 aliphatic carbocycles. The Balaban J connectivity index is 1.43. The van der Waals surface area contributed by atoms with E-state index in [1.54, 1.807) is 13.2 Å². The molecule has 0 radical (unpaired) electrons. The van der Waals surface area contributed by atoms with Gasteiger partial charge in [0, 0.05) is 12.6 Å². The number of fused-ring (bicyclic) bond motifs is 1. The highest BCUT2D eigenvalue weighted by Gasteiger charge is 2.09. The molecule has 158 valence electrons. The van der Waals surface area contributed by atoms with E-state index in [0.717, 1.165) is 27.6 Å². The summed E-state index contributed by atoms with van der Waals surface area (Å²) >= 11 is 0. The highest BCUT2D eigenvalue weighted by molar-refractivity contribution is 5.96. The summed E-state index contributed by atoms with van der Waals surface area (Å²) in [6.07, 6.45) is 2.82. The van der Waals surface area contributed by atoms with Crippen LogP contribution in [-0.4, -0.2) is 31.6 Å². The second-order valence-electron chi connectivity index (χ2n) is 6.63. The van der Waals surface area contributed by atoms with E-state index < -0.39 is 24.5 Å². The number of benzene rings is 3. The van der Waals surface area contributed by atoms with Crippen LogP contribution < -0.4 is 15.4 Å². The second kappa shape index (κ2) is 10.6. The minimum Gasteiger partial charge on any atom is -0.497 e. The van der Waals surface area contributed by atoms with Crippen molar-refractivity contribution in [3.05, 3.63) is 83.9 Å². The molecular formula is C24H22N2O5. The molecule has 3 aromatic carbocycles. The standard InChI is InChI=1S/C24H22N2O5/c1-30-21-11-10-19-13-17(7-9-20(19)14-21)8-12-23(28)31-16-22(27)26-24(29)25-15-18-5-3-2-4-6-18/h2-14H,15-16H2,1H3,(H2,25,26,27,29)/b12-8+. The topological polar surface area (TPSA) is 93.7 Å². The van der Waals surface area contributed by atoms with Crippen molar-refractivity contribution < 1.29 is 23.9 Å². The zero-order valence-electron chi connectivity index (χ0n) is 17.0. The van der Waals surface area contributed by atoms with Crippen LogP contribution in [0.1, 0.15) is 11.1 Å². The molecule has 3 amide bonds. The maximum Gasteiger partial charge on any atom is 0.331 e. The van der Waals surface area contributed by atoms with Crippen molar-refractivity contribution in [2.75, 3.05) is 13.7 Å². The SMILES string of the molecule is COc1ccc2cc(/C=C/C(=O)OCC(=O)NC(=O)NCc3ccccc3)ccc2c1. The minimum absolute atomic E-state index is 0.279. The lowest BCUT2D eigenvalue weighted by Gasteiger charge is -2.07. The van der Waals surface area contributed by atoms with Gasteiger partial charge in [-0.05, 0) is 46.2 Å². The summed E-state index contributed by atoms with van der Waals surface area (Å²) in [5.41, 5.74) is 1.70. The molecular weight excluding hydrogens is 396 g/mol. The van der Waals surface area contributed by atoms with Crippen molar-refractivity contribution in [3.8, 4) is 5.75 Å². The molecule has 0 fully saturated rings. The van der Waals surface area contributed by atoms with Crippen LogP contribution in [-0.2, 0) is 20.9 Å². The molecule has 2 N–H and O–H groups in total. The number of carbonyl (C=O) groups excluding carboxylic acids is 3. The molecule has 0 aliphatic rings. The van der Waals surface area contributed by atoms with Crippen LogP contribution in [0.15, 0.2) is 72.8 Å². The predicted molar refractivity (Wildman–Crippen MR) is 117 cm³/mol. The number of amides is 3. The third-order valence-corrected chi connectivity index (χ3v) is 4.38. The molecule has 7 nitrogen and oxygen atoms in total. The van der Waals surface area contributed by atoms with Crippen LogP contribution in [0, 0.1) is 0 Å². The number of carbonyl (C=O) groups is 3. The van der Waals surface area contributed by atoms with Gasteiger partial charge < -0.3 is 14.8 Å². The summed E-state index contributed by atoms with van der Waals surface area (Å²) < 4.78 is 10.1. The Morgan fingerprint density at radius 3 is 2.45 bits per heavy atom. The first kappa shape index (κ1) is 21.6. The summed E-state index contributed by atoms with van der Waals surface area (Å²) in [5, 5.41) is 6.67. The monoisotopic (exact) mass is 418 g/mol. The molecule has 0 aromatic heterocycles. The van der Waals surface area contributed by atoms with E-state index >= 15 is 0 Å². The third-order valence-electron chi connectivity index (χ3n) is 4.38. The lowest BCUT2D eigenvalue weighted by Crippen LogP contribution is -2.41. The Morgan fingerprint density at radius 1 is 0.935 bits per heavy atom. The smallest absolute Gasteiger partial charge is 0.331 e. The van der Waals surface area contributed by atoms with Crippen LogP contribution in [0.5, 0.6) is 5.75 Å². The van der Waals surface area contributed by atoms with Crippen LogP contribution in [0.4, 0.5) is 4.79 Å². The number of esters is 1. The Kier molecular flexibility index (Phi) is 7.37. The maximum absolute atomic E-state index is 11.9. The van der Waals surface area contributed by atoms with Crippen molar-refractivity contribution in [3.63, 3.8) is 0 Å². The molecule has 3 rings (SSSR count). The minimum atomic E-state index is -0.716. The van der Waals surface area contributed by atoms with E-state index in [-0.39, 0.29) is 6.54 Å². The van der Waals surface area contributed by atoms with Gasteiger partial charge in [-0.1, -0.05) is 48.5 Å². The van der Waals surface area contributed by atoms with Crippen LogP contribution >= 0.6 is 0 Å². The molecule has 0 aliphatic heterocycles. The Labute approximate surface area is 179 Å². The second-order valence-corrected chi connectivity index (χ2v) is 6.63. The van der Waals surface area contributed by atoms with Gasteiger partial charge in [-0.15, -0.1) is 0 Å². The largest absolute Gasteiger partial charge is 0.497 e. The summed E-state index contributed by atoms with van der Waals surface area (Å²) in [6, 6.07) is 20.0. The first-order valence-electron chi connectivity index (χ1n) is 9.58. The molecule has 0 atom stereocenters. The lowest BCUT2D eigenvalue weighted by atomic mass is 10.1. The van der Waals surface area contributed by atoms with Gasteiger partial charge in [-0.2, -0.15) is 0 Å². The normalized spacial score (nSPS) is 10.6. The van der Waals surface area contributed by atoms with Gasteiger partial charge in [0.1, 0.15) is 5.75 Å². The highest BCUT2D eigenvalue weighted by atomic mass is 16.5. The number of ether oxygens (including phenoxy) is 2. The number of methoxy groups -OCH3 is 1. The molecule has 0 heterocycles. The van der Waals surface area contributed by atoms with Crippen LogP contribution in [0.25, 0.3) is 16.8 Å². The number of nitrogens with one attached hydrogen (secondary N) is 2. The number of hydrogen-bond donors (Lipinski definition) is 2. The summed E-state index contributed by atoms with van der Waals surface area (Å²) in [4.78, 5) is 35.3. The van der Waals surface area contributed by atoms with E-state index in [1.165, 1.54) is 6.08 Å². The highest BCUT2D eigenvalue weighted by Crippen LogP contribution is 2.22. The van der Waals surface area contributed by atoms with Crippen molar-refractivity contribution in [1.29, 1.82) is 0 Å². The average molecular weight is 418 g/mol. The fraction of sp³-hybridized carbons (Fsp3) is 0.125. The first-order valence-corrected chi connectivity index (χ1v) is 9.58. The van der Waals surface area contributed by atoms with Crippen molar-refractivity contribution in [2.24, 2.45) is 0 Å². The fourth-order valence-electron chi connectivity index (χ4n) is 2.81. The molecule has 0 bridgehead atoms. The van der Waals surface area contributed by atoms with Crippen molar-refractivity contribution in [2.45, 2.75) is 6.54 Å². The Morgan fingerprint density at radius 2 is 1.68 bits per heavy atom. The fourth-order valence-corrected chi connectivity index (χ4v) is 2.81. The average Bonchev–Trinajstić information content (AvgIpc) is 2.80.